The first-order valence-corrected chi connectivity index (χ1v) is 7.23. The van der Waals surface area contributed by atoms with Gasteiger partial charge in [-0.15, -0.1) is 0 Å². The maximum atomic E-state index is 10.6. The molecule has 106 valence electrons. The molecular weight excluding hydrogens is 258 g/mol. The Morgan fingerprint density at radius 2 is 1.81 bits per heavy atom. The van der Waals surface area contributed by atoms with Gasteiger partial charge in [0.15, 0.2) is 0 Å². The van der Waals surface area contributed by atoms with E-state index in [0.29, 0.717) is 6.42 Å². The van der Waals surface area contributed by atoms with Gasteiger partial charge in [0.1, 0.15) is 6.10 Å². The van der Waals surface area contributed by atoms with Gasteiger partial charge in [0.25, 0.3) is 0 Å². The van der Waals surface area contributed by atoms with Gasteiger partial charge >= 0.3 is 0 Å². The number of benzene rings is 2. The van der Waals surface area contributed by atoms with Crippen LogP contribution in [0.2, 0.25) is 0 Å². The highest BCUT2D eigenvalue weighted by Gasteiger charge is 2.13. The summed E-state index contributed by atoms with van der Waals surface area (Å²) in [6.07, 6.45) is 1.77. The first kappa shape index (κ1) is 13.8. The van der Waals surface area contributed by atoms with Crippen molar-refractivity contribution in [2.45, 2.75) is 26.4 Å². The average Bonchev–Trinajstić information content (AvgIpc) is 2.50. The summed E-state index contributed by atoms with van der Waals surface area (Å²) in [4.78, 5) is 4.39. The molecule has 1 heterocycles. The highest BCUT2D eigenvalue weighted by molar-refractivity contribution is 5.84. The van der Waals surface area contributed by atoms with E-state index >= 15 is 0 Å². The molecule has 3 rings (SSSR count). The Hall–Kier alpha value is -2.19. The number of hydrogen-bond donors (Lipinski definition) is 1. The van der Waals surface area contributed by atoms with Gasteiger partial charge in [0.05, 0.1) is 5.69 Å². The summed E-state index contributed by atoms with van der Waals surface area (Å²) in [6, 6.07) is 16.3. The van der Waals surface area contributed by atoms with Gasteiger partial charge in [0.2, 0.25) is 0 Å². The van der Waals surface area contributed by atoms with Crippen molar-refractivity contribution in [3.63, 3.8) is 0 Å². The zero-order valence-corrected chi connectivity index (χ0v) is 12.4. The molecule has 0 aliphatic carbocycles. The average molecular weight is 277 g/mol. The number of aromatic nitrogens is 1. The Morgan fingerprint density at radius 1 is 1.00 bits per heavy atom. The molecule has 1 unspecified atom stereocenters. The molecule has 0 saturated heterocycles. The molecule has 1 N–H and O–H groups in total. The lowest BCUT2D eigenvalue weighted by Crippen LogP contribution is -2.05. The zero-order valence-electron chi connectivity index (χ0n) is 12.4. The first-order chi connectivity index (χ1) is 10.1. The molecule has 0 bridgehead atoms. The zero-order chi connectivity index (χ0) is 14.8. The van der Waals surface area contributed by atoms with Crippen LogP contribution < -0.4 is 0 Å². The standard InChI is InChI=1S/C19H19NO/c1-13-7-8-15(11-14(13)2)12-18(21)19-17-6-4-3-5-16(17)9-10-20-19/h3-11,18,21H,12H2,1-2H3. The highest BCUT2D eigenvalue weighted by Crippen LogP contribution is 2.25. The Kier molecular flexibility index (Phi) is 3.72. The van der Waals surface area contributed by atoms with Crippen molar-refractivity contribution in [2.75, 3.05) is 0 Å². The van der Waals surface area contributed by atoms with Crippen molar-refractivity contribution in [3.8, 4) is 0 Å². The van der Waals surface area contributed by atoms with E-state index in [-0.39, 0.29) is 0 Å². The van der Waals surface area contributed by atoms with Crippen LogP contribution in [0.15, 0.2) is 54.7 Å². The summed E-state index contributed by atoms with van der Waals surface area (Å²) in [7, 11) is 0. The van der Waals surface area contributed by atoms with E-state index in [1.807, 2.05) is 30.3 Å². The third-order valence-electron chi connectivity index (χ3n) is 4.02. The molecule has 1 aromatic heterocycles. The quantitative estimate of drug-likeness (QED) is 0.781. The molecule has 2 heteroatoms. The van der Waals surface area contributed by atoms with Gasteiger partial charge in [-0.05, 0) is 42.0 Å². The topological polar surface area (TPSA) is 33.1 Å². The predicted octanol–water partition coefficient (Wildman–Crippen LogP) is 4.13. The van der Waals surface area contributed by atoms with Crippen LogP contribution in [0.4, 0.5) is 0 Å². The lowest BCUT2D eigenvalue weighted by molar-refractivity contribution is 0.175. The fourth-order valence-electron chi connectivity index (χ4n) is 2.66. The number of rotatable bonds is 3. The van der Waals surface area contributed by atoms with E-state index in [1.165, 1.54) is 11.1 Å². The van der Waals surface area contributed by atoms with Crippen molar-refractivity contribution in [2.24, 2.45) is 0 Å². The molecule has 0 saturated carbocycles. The Morgan fingerprint density at radius 3 is 2.62 bits per heavy atom. The lowest BCUT2D eigenvalue weighted by Gasteiger charge is -2.13. The minimum Gasteiger partial charge on any atom is -0.386 e. The number of nitrogens with zero attached hydrogens (tertiary/aromatic N) is 1. The summed E-state index contributed by atoms with van der Waals surface area (Å²) in [5.41, 5.74) is 4.42. The molecule has 0 aliphatic heterocycles. The molecule has 2 aromatic carbocycles. The number of aliphatic hydroxyl groups excluding tert-OH is 1. The van der Waals surface area contributed by atoms with E-state index in [2.05, 4.69) is 37.0 Å². The van der Waals surface area contributed by atoms with E-state index in [4.69, 9.17) is 0 Å². The van der Waals surface area contributed by atoms with Gasteiger partial charge in [0, 0.05) is 18.0 Å². The van der Waals surface area contributed by atoms with Gasteiger partial charge < -0.3 is 5.11 Å². The monoisotopic (exact) mass is 277 g/mol. The van der Waals surface area contributed by atoms with Gasteiger partial charge in [-0.3, -0.25) is 4.98 Å². The second-order valence-electron chi connectivity index (χ2n) is 5.56. The summed E-state index contributed by atoms with van der Waals surface area (Å²) < 4.78 is 0. The predicted molar refractivity (Wildman–Crippen MR) is 86.3 cm³/mol. The first-order valence-electron chi connectivity index (χ1n) is 7.23. The highest BCUT2D eigenvalue weighted by atomic mass is 16.3. The molecule has 3 aromatic rings. The van der Waals surface area contributed by atoms with Crippen LogP contribution in [0, 0.1) is 13.8 Å². The van der Waals surface area contributed by atoms with Crippen molar-refractivity contribution < 1.29 is 5.11 Å². The lowest BCUT2D eigenvalue weighted by atomic mass is 9.98. The summed E-state index contributed by atoms with van der Waals surface area (Å²) >= 11 is 0. The smallest absolute Gasteiger partial charge is 0.101 e. The normalized spacial score (nSPS) is 12.5. The number of aryl methyl sites for hydroxylation is 2. The van der Waals surface area contributed by atoms with Crippen molar-refractivity contribution in [1.29, 1.82) is 0 Å². The van der Waals surface area contributed by atoms with Crippen LogP contribution in [-0.4, -0.2) is 10.1 Å². The molecule has 0 radical (unpaired) electrons. The number of fused-ring (bicyclic) bond motifs is 1. The fraction of sp³-hybridized carbons (Fsp3) is 0.211. The molecule has 1 atom stereocenters. The Bertz CT molecular complexity index is 774. The van der Waals surface area contributed by atoms with E-state index in [0.717, 1.165) is 22.0 Å². The van der Waals surface area contributed by atoms with Crippen molar-refractivity contribution in [1.82, 2.24) is 4.98 Å². The summed E-state index contributed by atoms with van der Waals surface area (Å²) in [6.45, 7) is 4.20. The second kappa shape index (κ2) is 5.66. The maximum absolute atomic E-state index is 10.6. The van der Waals surface area contributed by atoms with Crippen LogP contribution >= 0.6 is 0 Å². The van der Waals surface area contributed by atoms with Crippen LogP contribution in [0.5, 0.6) is 0 Å². The van der Waals surface area contributed by atoms with E-state index < -0.39 is 6.10 Å². The van der Waals surface area contributed by atoms with Gasteiger partial charge in [-0.1, -0.05) is 42.5 Å². The third-order valence-corrected chi connectivity index (χ3v) is 4.02. The molecule has 2 nitrogen and oxygen atoms in total. The number of hydrogen-bond acceptors (Lipinski definition) is 2. The van der Waals surface area contributed by atoms with Crippen molar-refractivity contribution in [3.05, 3.63) is 77.1 Å². The van der Waals surface area contributed by atoms with Crippen LogP contribution in [0.1, 0.15) is 28.5 Å². The minimum absolute atomic E-state index is 0.585. The van der Waals surface area contributed by atoms with Gasteiger partial charge in [-0.2, -0.15) is 0 Å². The summed E-state index contributed by atoms with van der Waals surface area (Å²) in [5.74, 6) is 0. The Balaban J connectivity index is 1.93. The largest absolute Gasteiger partial charge is 0.386 e. The van der Waals surface area contributed by atoms with Crippen LogP contribution in [0.3, 0.4) is 0 Å². The summed E-state index contributed by atoms with van der Waals surface area (Å²) in [5, 5.41) is 12.7. The van der Waals surface area contributed by atoms with Crippen LogP contribution in [-0.2, 0) is 6.42 Å². The second-order valence-corrected chi connectivity index (χ2v) is 5.56. The maximum Gasteiger partial charge on any atom is 0.101 e. The SMILES string of the molecule is Cc1ccc(CC(O)c2nccc3ccccc23)cc1C. The molecule has 0 fully saturated rings. The number of pyridine rings is 1. The molecule has 21 heavy (non-hydrogen) atoms. The van der Waals surface area contributed by atoms with Gasteiger partial charge in [-0.25, -0.2) is 0 Å². The van der Waals surface area contributed by atoms with Crippen LogP contribution in [0.25, 0.3) is 10.8 Å². The molecule has 0 amide bonds. The number of aliphatic hydroxyl groups is 1. The molecular formula is C19H19NO. The Labute approximate surface area is 125 Å². The molecule has 0 aliphatic rings. The van der Waals surface area contributed by atoms with E-state index in [1.54, 1.807) is 6.20 Å². The molecule has 0 spiro atoms. The fourth-order valence-corrected chi connectivity index (χ4v) is 2.66. The minimum atomic E-state index is -0.585. The third kappa shape index (κ3) is 2.81. The van der Waals surface area contributed by atoms with Crippen molar-refractivity contribution >= 4 is 10.8 Å². The van der Waals surface area contributed by atoms with E-state index in [9.17, 15) is 5.11 Å².